The summed E-state index contributed by atoms with van der Waals surface area (Å²) < 4.78 is 2.24. The minimum Gasteiger partial charge on any atom is -0.0658 e. The van der Waals surface area contributed by atoms with Gasteiger partial charge in [0.2, 0.25) is 0 Å². The molecule has 0 aromatic heterocycles. The predicted octanol–water partition coefficient (Wildman–Crippen LogP) is 8.81. The highest BCUT2D eigenvalue weighted by molar-refractivity contribution is 9.10. The van der Waals surface area contributed by atoms with Gasteiger partial charge in [-0.2, -0.15) is 0 Å². The summed E-state index contributed by atoms with van der Waals surface area (Å²) in [6.07, 6.45) is 6.69. The van der Waals surface area contributed by atoms with Crippen LogP contribution in [0.3, 0.4) is 0 Å². The van der Waals surface area contributed by atoms with E-state index in [4.69, 9.17) is 0 Å². The van der Waals surface area contributed by atoms with Crippen LogP contribution in [0, 0.1) is 0 Å². The van der Waals surface area contributed by atoms with Crippen LogP contribution in [0.2, 0.25) is 0 Å². The van der Waals surface area contributed by atoms with E-state index in [0.29, 0.717) is 0 Å². The second-order valence-corrected chi connectivity index (χ2v) is 8.08. The maximum absolute atomic E-state index is 3.69. The highest BCUT2D eigenvalue weighted by Gasteiger charge is 2.07. The molecule has 0 amide bonds. The average molecular weight is 474 g/mol. The first kappa shape index (κ1) is 21.0. The van der Waals surface area contributed by atoms with Gasteiger partial charge < -0.3 is 0 Å². The molecule has 0 spiro atoms. The summed E-state index contributed by atoms with van der Waals surface area (Å²) in [6.45, 7) is 4.45. The highest BCUT2D eigenvalue weighted by atomic mass is 79.9. The first-order chi connectivity index (χ1) is 12.7. The van der Waals surface area contributed by atoms with Gasteiger partial charge in [-0.05, 0) is 37.8 Å². The molecule has 0 saturated carbocycles. The van der Waals surface area contributed by atoms with Gasteiger partial charge in [0.05, 0.1) is 0 Å². The fourth-order valence-electron chi connectivity index (χ4n) is 2.80. The number of hydrogen-bond donors (Lipinski definition) is 0. The summed E-state index contributed by atoms with van der Waals surface area (Å²) in [4.78, 5) is 0. The molecule has 0 fully saturated rings. The van der Waals surface area contributed by atoms with Crippen molar-refractivity contribution in [3.05, 3.63) is 80.1 Å². The molecule has 0 atom stereocenters. The van der Waals surface area contributed by atoms with Crippen LogP contribution in [0.1, 0.15) is 63.5 Å². The van der Waals surface area contributed by atoms with E-state index in [0.717, 1.165) is 34.6 Å². The van der Waals surface area contributed by atoms with Crippen molar-refractivity contribution in [2.45, 2.75) is 52.4 Å². The van der Waals surface area contributed by atoms with E-state index in [1.165, 1.54) is 35.1 Å². The molecule has 0 aliphatic rings. The largest absolute Gasteiger partial charge is 0.0658 e. The number of benzene rings is 2. The molecular formula is C24H26Br2. The molecule has 0 heterocycles. The van der Waals surface area contributed by atoms with Gasteiger partial charge in [-0.1, -0.05) is 106 Å². The zero-order valence-electron chi connectivity index (χ0n) is 15.6. The van der Waals surface area contributed by atoms with Gasteiger partial charge in [0.15, 0.2) is 0 Å². The van der Waals surface area contributed by atoms with Crippen molar-refractivity contribution >= 4 is 43.0 Å². The minimum atomic E-state index is 1.02. The molecule has 0 bridgehead atoms. The standard InChI is InChI=1S/C24H26Br2/c1-3-5-11-19(21-13-7-9-15-23(21)25)17-18-20(12-6-4-2)22-14-8-10-16-24(22)26/h7-10,13-16H,3-6,11-12H2,1-2H3. The quantitative estimate of drug-likeness (QED) is 0.336. The van der Waals surface area contributed by atoms with Crippen LogP contribution in [0.25, 0.3) is 11.1 Å². The van der Waals surface area contributed by atoms with E-state index >= 15 is 0 Å². The Morgan fingerprint density at radius 1 is 0.692 bits per heavy atom. The molecule has 2 heteroatoms. The van der Waals surface area contributed by atoms with E-state index in [2.05, 4.69) is 106 Å². The summed E-state index contributed by atoms with van der Waals surface area (Å²) in [5, 5.41) is 0. The molecule has 0 unspecified atom stereocenters. The fourth-order valence-corrected chi connectivity index (χ4v) is 3.85. The molecule has 136 valence electrons. The Labute approximate surface area is 175 Å². The topological polar surface area (TPSA) is 0 Å². The van der Waals surface area contributed by atoms with E-state index in [1.807, 2.05) is 0 Å². The lowest BCUT2D eigenvalue weighted by Gasteiger charge is -2.08. The average Bonchev–Trinajstić information content (AvgIpc) is 2.65. The third-order valence-electron chi connectivity index (χ3n) is 4.32. The molecule has 2 aromatic rings. The second-order valence-electron chi connectivity index (χ2n) is 6.37. The number of allylic oxidation sites excluding steroid dienone is 2. The van der Waals surface area contributed by atoms with Crippen molar-refractivity contribution in [3.63, 3.8) is 0 Å². The minimum absolute atomic E-state index is 1.02. The van der Waals surface area contributed by atoms with E-state index < -0.39 is 0 Å². The molecule has 0 radical (unpaired) electrons. The number of hydrogen-bond acceptors (Lipinski definition) is 0. The molecule has 0 saturated heterocycles. The molecule has 0 nitrogen and oxygen atoms in total. The van der Waals surface area contributed by atoms with Crippen molar-refractivity contribution in [2.75, 3.05) is 0 Å². The summed E-state index contributed by atoms with van der Waals surface area (Å²) in [5.74, 6) is 0. The Bertz CT molecular complexity index is 750. The third kappa shape index (κ3) is 6.15. The zero-order chi connectivity index (χ0) is 18.8. The van der Waals surface area contributed by atoms with Crippen molar-refractivity contribution in [2.24, 2.45) is 0 Å². The summed E-state index contributed by atoms with van der Waals surface area (Å²) >= 11 is 7.38. The molecule has 26 heavy (non-hydrogen) atoms. The lowest BCUT2D eigenvalue weighted by Crippen LogP contribution is -1.87. The van der Waals surface area contributed by atoms with Crippen LogP contribution in [-0.4, -0.2) is 0 Å². The van der Waals surface area contributed by atoms with Crippen LogP contribution in [-0.2, 0) is 0 Å². The Morgan fingerprint density at radius 2 is 1.08 bits per heavy atom. The number of rotatable bonds is 8. The Kier molecular flexibility index (Phi) is 9.23. The first-order valence-corrected chi connectivity index (χ1v) is 11.0. The van der Waals surface area contributed by atoms with Crippen LogP contribution in [0.5, 0.6) is 0 Å². The monoisotopic (exact) mass is 472 g/mol. The summed E-state index contributed by atoms with van der Waals surface area (Å²) in [6, 6.07) is 16.8. The Hall–Kier alpha value is -1.30. The van der Waals surface area contributed by atoms with Crippen LogP contribution < -0.4 is 0 Å². The van der Waals surface area contributed by atoms with E-state index in [1.54, 1.807) is 0 Å². The Morgan fingerprint density at radius 3 is 1.42 bits per heavy atom. The fraction of sp³-hybridized carbons (Fsp3) is 0.333. The highest BCUT2D eigenvalue weighted by Crippen LogP contribution is 2.29. The zero-order valence-corrected chi connectivity index (χ0v) is 18.8. The van der Waals surface area contributed by atoms with E-state index in [-0.39, 0.29) is 0 Å². The van der Waals surface area contributed by atoms with Gasteiger partial charge >= 0.3 is 0 Å². The third-order valence-corrected chi connectivity index (χ3v) is 5.71. The molecular weight excluding hydrogens is 448 g/mol. The molecule has 0 aliphatic heterocycles. The predicted molar refractivity (Wildman–Crippen MR) is 121 cm³/mol. The lowest BCUT2D eigenvalue weighted by atomic mass is 9.99. The van der Waals surface area contributed by atoms with Gasteiger partial charge in [-0.25, -0.2) is 0 Å². The maximum Gasteiger partial charge on any atom is 0.0256 e. The lowest BCUT2D eigenvalue weighted by molar-refractivity contribution is 0.823. The van der Waals surface area contributed by atoms with Crippen molar-refractivity contribution < 1.29 is 0 Å². The van der Waals surface area contributed by atoms with Gasteiger partial charge in [-0.15, -0.1) is 0 Å². The summed E-state index contributed by atoms with van der Waals surface area (Å²) in [5.41, 5.74) is 11.9. The normalized spacial score (nSPS) is 10.2. The smallest absolute Gasteiger partial charge is 0.0256 e. The maximum atomic E-state index is 3.69. The molecule has 2 rings (SSSR count). The molecule has 2 aromatic carbocycles. The summed E-state index contributed by atoms with van der Waals surface area (Å²) in [7, 11) is 0. The van der Waals surface area contributed by atoms with Crippen molar-refractivity contribution in [1.29, 1.82) is 0 Å². The van der Waals surface area contributed by atoms with Gasteiger partial charge in [0.1, 0.15) is 0 Å². The second kappa shape index (κ2) is 11.4. The number of halogens is 2. The Balaban J connectivity index is 2.60. The molecule has 0 N–H and O–H groups in total. The molecule has 0 aliphatic carbocycles. The van der Waals surface area contributed by atoms with Gasteiger partial charge in [0.25, 0.3) is 0 Å². The number of unbranched alkanes of at least 4 members (excludes halogenated alkanes) is 2. The van der Waals surface area contributed by atoms with Crippen LogP contribution in [0.15, 0.2) is 68.9 Å². The SMILES string of the molecule is CCCCC(=C=C=C(CCCC)c1ccccc1Br)c1ccccc1Br. The van der Waals surface area contributed by atoms with Crippen LogP contribution >= 0.6 is 31.9 Å². The van der Waals surface area contributed by atoms with Gasteiger partial charge in [-0.3, -0.25) is 0 Å². The van der Waals surface area contributed by atoms with Crippen molar-refractivity contribution in [3.8, 4) is 0 Å². The first-order valence-electron chi connectivity index (χ1n) is 9.40. The van der Waals surface area contributed by atoms with Gasteiger partial charge in [0, 0.05) is 31.2 Å². The van der Waals surface area contributed by atoms with Crippen LogP contribution in [0.4, 0.5) is 0 Å². The van der Waals surface area contributed by atoms with Crippen molar-refractivity contribution in [1.82, 2.24) is 0 Å². The van der Waals surface area contributed by atoms with E-state index in [9.17, 15) is 0 Å².